The first kappa shape index (κ1) is 16.2. The van der Waals surface area contributed by atoms with Crippen molar-refractivity contribution in [3.8, 4) is 0 Å². The van der Waals surface area contributed by atoms with Crippen LogP contribution in [-0.2, 0) is 0 Å². The van der Waals surface area contributed by atoms with E-state index < -0.39 is 29.9 Å². The van der Waals surface area contributed by atoms with E-state index in [1.54, 1.807) is 12.1 Å². The van der Waals surface area contributed by atoms with Crippen LogP contribution in [0.1, 0.15) is 35.4 Å². The molecule has 1 heterocycles. The summed E-state index contributed by atoms with van der Waals surface area (Å²) in [7, 11) is 0. The molecule has 1 aliphatic carbocycles. The number of carbonyl (C=O) groups is 1. The van der Waals surface area contributed by atoms with Gasteiger partial charge in [-0.15, -0.1) is 11.3 Å². The summed E-state index contributed by atoms with van der Waals surface area (Å²) < 4.78 is 52.7. The molecule has 1 amide bonds. The lowest BCUT2D eigenvalue weighted by Gasteiger charge is -2.30. The molecule has 1 saturated carbocycles. The van der Waals surface area contributed by atoms with E-state index in [1.807, 2.05) is 0 Å². The van der Waals surface area contributed by atoms with Gasteiger partial charge in [-0.2, -0.15) is 13.2 Å². The fraction of sp³-hybridized carbons (Fsp3) is 0.438. The van der Waals surface area contributed by atoms with Crippen LogP contribution in [0.25, 0.3) is 10.1 Å². The summed E-state index contributed by atoms with van der Waals surface area (Å²) in [5.41, 5.74) is 0. The Kier molecular flexibility index (Phi) is 4.31. The summed E-state index contributed by atoms with van der Waals surface area (Å²) in [6, 6.07) is 5.55. The maximum atomic E-state index is 13.7. The summed E-state index contributed by atoms with van der Waals surface area (Å²) >= 11 is 1.14. The lowest BCUT2D eigenvalue weighted by atomic mass is 9.85. The predicted octanol–water partition coefficient (Wildman–Crippen LogP) is 4.89. The highest BCUT2D eigenvalue weighted by Crippen LogP contribution is 2.37. The number of hydrogen-bond acceptors (Lipinski definition) is 2. The van der Waals surface area contributed by atoms with Crippen molar-refractivity contribution in [3.63, 3.8) is 0 Å². The number of thiophene rings is 1. The van der Waals surface area contributed by atoms with Crippen molar-refractivity contribution in [2.45, 2.75) is 37.9 Å². The number of amides is 1. The highest BCUT2D eigenvalue weighted by atomic mass is 32.1. The minimum absolute atomic E-state index is 0.0888. The third kappa shape index (κ3) is 3.49. The van der Waals surface area contributed by atoms with E-state index in [2.05, 4.69) is 5.32 Å². The number of alkyl halides is 3. The van der Waals surface area contributed by atoms with Gasteiger partial charge in [0, 0.05) is 16.1 Å². The van der Waals surface area contributed by atoms with Crippen molar-refractivity contribution in [1.82, 2.24) is 5.32 Å². The van der Waals surface area contributed by atoms with Crippen molar-refractivity contribution in [1.29, 1.82) is 0 Å². The lowest BCUT2D eigenvalue weighted by Crippen LogP contribution is -2.41. The molecule has 1 aromatic heterocycles. The van der Waals surface area contributed by atoms with Crippen molar-refractivity contribution >= 4 is 27.3 Å². The third-order valence-electron chi connectivity index (χ3n) is 4.20. The van der Waals surface area contributed by atoms with Gasteiger partial charge in [-0.3, -0.25) is 4.79 Å². The highest BCUT2D eigenvalue weighted by molar-refractivity contribution is 7.20. The zero-order valence-corrected chi connectivity index (χ0v) is 12.9. The first-order valence-corrected chi connectivity index (χ1v) is 8.22. The molecule has 0 radical (unpaired) electrons. The number of nitrogens with one attached hydrogen (secondary N) is 1. The third-order valence-corrected chi connectivity index (χ3v) is 5.30. The molecule has 2 nitrogen and oxygen atoms in total. The first-order chi connectivity index (χ1) is 10.8. The Morgan fingerprint density at radius 3 is 2.74 bits per heavy atom. The zero-order valence-electron chi connectivity index (χ0n) is 12.1. The van der Waals surface area contributed by atoms with Crippen LogP contribution in [0.5, 0.6) is 0 Å². The standard InChI is InChI=1S/C16H15F4NOS/c17-12-5-2-6-13-11(12)8-14(23-13)15(22)21-10-4-1-3-9(7-10)16(18,19)20/h2,5-6,8-10H,1,3-4,7H2,(H,21,22)/t9-,10-/m0/s1. The van der Waals surface area contributed by atoms with Crippen molar-refractivity contribution in [2.24, 2.45) is 5.92 Å². The van der Waals surface area contributed by atoms with Crippen LogP contribution in [-0.4, -0.2) is 18.1 Å². The maximum Gasteiger partial charge on any atom is 0.391 e. The van der Waals surface area contributed by atoms with Gasteiger partial charge in [-0.05, 0) is 37.5 Å². The van der Waals surface area contributed by atoms with Crippen LogP contribution < -0.4 is 5.32 Å². The lowest BCUT2D eigenvalue weighted by molar-refractivity contribution is -0.183. The molecule has 7 heteroatoms. The van der Waals surface area contributed by atoms with Gasteiger partial charge in [0.05, 0.1) is 10.8 Å². The second-order valence-corrected chi connectivity index (χ2v) is 6.92. The fourth-order valence-corrected chi connectivity index (χ4v) is 3.99. The van der Waals surface area contributed by atoms with Crippen LogP contribution in [0.15, 0.2) is 24.3 Å². The minimum Gasteiger partial charge on any atom is -0.349 e. The smallest absolute Gasteiger partial charge is 0.349 e. The largest absolute Gasteiger partial charge is 0.391 e. The Morgan fingerprint density at radius 2 is 2.04 bits per heavy atom. The molecular weight excluding hydrogens is 330 g/mol. The van der Waals surface area contributed by atoms with E-state index in [4.69, 9.17) is 0 Å². The van der Waals surface area contributed by atoms with Gasteiger partial charge >= 0.3 is 6.18 Å². The molecule has 124 valence electrons. The average molecular weight is 345 g/mol. The Bertz CT molecular complexity index is 724. The summed E-state index contributed by atoms with van der Waals surface area (Å²) in [6.07, 6.45) is -3.21. The molecule has 1 aromatic carbocycles. The highest BCUT2D eigenvalue weighted by Gasteiger charge is 2.42. The van der Waals surface area contributed by atoms with Gasteiger partial charge in [0.25, 0.3) is 5.91 Å². The van der Waals surface area contributed by atoms with Gasteiger partial charge in [-0.1, -0.05) is 12.5 Å². The molecule has 1 fully saturated rings. The number of fused-ring (bicyclic) bond motifs is 1. The van der Waals surface area contributed by atoms with Crippen molar-refractivity contribution < 1.29 is 22.4 Å². The first-order valence-electron chi connectivity index (χ1n) is 7.40. The van der Waals surface area contributed by atoms with Crippen molar-refractivity contribution in [2.75, 3.05) is 0 Å². The molecule has 1 N–H and O–H groups in total. The number of benzene rings is 1. The molecule has 23 heavy (non-hydrogen) atoms. The van der Waals surface area contributed by atoms with Crippen LogP contribution in [0.3, 0.4) is 0 Å². The maximum absolute atomic E-state index is 13.7. The average Bonchev–Trinajstić information content (AvgIpc) is 2.92. The molecule has 0 spiro atoms. The monoisotopic (exact) mass is 345 g/mol. The summed E-state index contributed by atoms with van der Waals surface area (Å²) in [4.78, 5) is 12.6. The Hall–Kier alpha value is -1.63. The topological polar surface area (TPSA) is 29.1 Å². The molecular formula is C16H15F4NOS. The van der Waals surface area contributed by atoms with E-state index >= 15 is 0 Å². The van der Waals surface area contributed by atoms with Gasteiger partial charge in [0.2, 0.25) is 0 Å². The number of rotatable bonds is 2. The number of hydrogen-bond donors (Lipinski definition) is 1. The van der Waals surface area contributed by atoms with Gasteiger partial charge in [0.15, 0.2) is 0 Å². The minimum atomic E-state index is -4.22. The van der Waals surface area contributed by atoms with Crippen molar-refractivity contribution in [3.05, 3.63) is 35.0 Å². The Balaban J connectivity index is 1.72. The van der Waals surface area contributed by atoms with Crippen LogP contribution in [0.4, 0.5) is 17.6 Å². The van der Waals surface area contributed by atoms with Crippen LogP contribution in [0.2, 0.25) is 0 Å². The second-order valence-electron chi connectivity index (χ2n) is 5.84. The Labute approximate surface area is 134 Å². The number of halogens is 4. The summed E-state index contributed by atoms with van der Waals surface area (Å²) in [5.74, 6) is -2.20. The second kappa shape index (κ2) is 6.11. The Morgan fingerprint density at radius 1 is 1.26 bits per heavy atom. The molecule has 0 aliphatic heterocycles. The van der Waals surface area contributed by atoms with E-state index in [1.165, 1.54) is 12.1 Å². The predicted molar refractivity (Wildman–Crippen MR) is 81.1 cm³/mol. The normalized spacial score (nSPS) is 22.3. The molecule has 0 unspecified atom stereocenters. The SMILES string of the molecule is O=C(N[C@H]1CCC[C@H](C(F)(F)F)C1)c1cc2c(F)cccc2s1. The molecule has 0 saturated heterocycles. The van der Waals surface area contributed by atoms with E-state index in [-0.39, 0.29) is 12.8 Å². The van der Waals surface area contributed by atoms with E-state index in [0.29, 0.717) is 27.8 Å². The van der Waals surface area contributed by atoms with Gasteiger partial charge in [-0.25, -0.2) is 4.39 Å². The van der Waals surface area contributed by atoms with E-state index in [0.717, 1.165) is 11.3 Å². The van der Waals surface area contributed by atoms with Gasteiger partial charge < -0.3 is 5.32 Å². The summed E-state index contributed by atoms with van der Waals surface area (Å²) in [6.45, 7) is 0. The molecule has 0 bridgehead atoms. The zero-order chi connectivity index (χ0) is 16.6. The molecule has 1 aliphatic rings. The van der Waals surface area contributed by atoms with Crippen LogP contribution in [0, 0.1) is 11.7 Å². The quantitative estimate of drug-likeness (QED) is 0.772. The molecule has 3 rings (SSSR count). The van der Waals surface area contributed by atoms with Crippen LogP contribution >= 0.6 is 11.3 Å². The van der Waals surface area contributed by atoms with E-state index in [9.17, 15) is 22.4 Å². The molecule has 2 aromatic rings. The molecule has 2 atom stereocenters. The fourth-order valence-electron chi connectivity index (χ4n) is 3.01. The summed E-state index contributed by atoms with van der Waals surface area (Å²) in [5, 5.41) is 3.03. The van der Waals surface area contributed by atoms with Gasteiger partial charge in [0.1, 0.15) is 5.82 Å². The number of carbonyl (C=O) groups excluding carboxylic acids is 1.